The van der Waals surface area contributed by atoms with E-state index in [-0.39, 0.29) is 18.5 Å². The summed E-state index contributed by atoms with van der Waals surface area (Å²) in [4.78, 5) is 24.6. The number of hydrogen-bond donors (Lipinski definition) is 3. The van der Waals surface area contributed by atoms with Gasteiger partial charge in [-0.2, -0.15) is 0 Å². The summed E-state index contributed by atoms with van der Waals surface area (Å²) in [5, 5.41) is 4.72. The monoisotopic (exact) mass is 270 g/mol. The Labute approximate surface area is 115 Å². The number of carbonyl (C=O) groups excluding carboxylic acids is 2. The van der Waals surface area contributed by atoms with Gasteiger partial charge in [-0.3, -0.25) is 15.0 Å². The Hall–Kier alpha value is -1.40. The number of carbonyl (C=O) groups is 2. The lowest BCUT2D eigenvalue weighted by molar-refractivity contribution is -0.120. The van der Waals surface area contributed by atoms with Crippen molar-refractivity contribution in [2.24, 2.45) is 11.7 Å². The number of nitrogens with zero attached hydrogens (tertiary/aromatic N) is 1. The molecule has 110 valence electrons. The molecule has 0 aliphatic rings. The molecule has 1 atom stereocenters. The zero-order valence-corrected chi connectivity index (χ0v) is 12.1. The number of likely N-dealkylation sites (N-methyl/N-ethyl adjacent to an activating group) is 1. The van der Waals surface area contributed by atoms with Crippen LogP contribution in [0.1, 0.15) is 20.3 Å². The molecule has 19 heavy (non-hydrogen) atoms. The van der Waals surface area contributed by atoms with Crippen LogP contribution in [0.3, 0.4) is 0 Å². The SMILES string of the molecule is C=CCNC(=O)NC(=O)CN(C)CCC(N)C(C)C. The van der Waals surface area contributed by atoms with E-state index in [0.717, 1.165) is 13.0 Å². The van der Waals surface area contributed by atoms with Crippen molar-refractivity contribution in [3.8, 4) is 0 Å². The third-order valence-electron chi connectivity index (χ3n) is 2.77. The largest absolute Gasteiger partial charge is 0.334 e. The molecule has 0 radical (unpaired) electrons. The first-order valence-electron chi connectivity index (χ1n) is 6.49. The maximum absolute atomic E-state index is 11.5. The second-order valence-electron chi connectivity index (χ2n) is 4.98. The molecule has 0 rings (SSSR count). The molecule has 4 N–H and O–H groups in total. The lowest BCUT2D eigenvalue weighted by Gasteiger charge is -2.20. The van der Waals surface area contributed by atoms with Gasteiger partial charge in [-0.05, 0) is 25.9 Å². The average Bonchev–Trinajstić information content (AvgIpc) is 2.32. The molecular formula is C13H26N4O2. The van der Waals surface area contributed by atoms with E-state index in [1.165, 1.54) is 0 Å². The molecule has 0 heterocycles. The van der Waals surface area contributed by atoms with Gasteiger partial charge in [0.2, 0.25) is 5.91 Å². The number of nitrogens with one attached hydrogen (secondary N) is 2. The summed E-state index contributed by atoms with van der Waals surface area (Å²) in [5.41, 5.74) is 5.93. The summed E-state index contributed by atoms with van der Waals surface area (Å²) < 4.78 is 0. The fourth-order valence-corrected chi connectivity index (χ4v) is 1.40. The van der Waals surface area contributed by atoms with E-state index in [4.69, 9.17) is 5.73 Å². The summed E-state index contributed by atoms with van der Waals surface area (Å²) in [6.07, 6.45) is 2.37. The van der Waals surface area contributed by atoms with Crippen molar-refractivity contribution in [1.82, 2.24) is 15.5 Å². The van der Waals surface area contributed by atoms with Crippen LogP contribution >= 0.6 is 0 Å². The van der Waals surface area contributed by atoms with Crippen molar-refractivity contribution < 1.29 is 9.59 Å². The van der Waals surface area contributed by atoms with Crippen LogP contribution in [0.2, 0.25) is 0 Å². The predicted octanol–water partition coefficient (Wildman–Crippen LogP) is 0.303. The molecule has 0 aliphatic heterocycles. The van der Waals surface area contributed by atoms with Crippen LogP contribution in [0.5, 0.6) is 0 Å². The molecule has 0 aliphatic carbocycles. The molecule has 3 amide bonds. The molecule has 6 nitrogen and oxygen atoms in total. The maximum atomic E-state index is 11.5. The zero-order valence-electron chi connectivity index (χ0n) is 12.1. The van der Waals surface area contributed by atoms with Gasteiger partial charge in [0.15, 0.2) is 0 Å². The van der Waals surface area contributed by atoms with E-state index in [0.29, 0.717) is 12.5 Å². The predicted molar refractivity (Wildman–Crippen MR) is 76.7 cm³/mol. The molecule has 6 heteroatoms. The van der Waals surface area contributed by atoms with E-state index in [2.05, 4.69) is 31.1 Å². The quantitative estimate of drug-likeness (QED) is 0.554. The van der Waals surface area contributed by atoms with Crippen molar-refractivity contribution in [3.63, 3.8) is 0 Å². The Morgan fingerprint density at radius 3 is 2.58 bits per heavy atom. The third kappa shape index (κ3) is 9.21. The highest BCUT2D eigenvalue weighted by Crippen LogP contribution is 2.03. The first-order valence-corrected chi connectivity index (χ1v) is 6.49. The van der Waals surface area contributed by atoms with Crippen molar-refractivity contribution >= 4 is 11.9 Å². The van der Waals surface area contributed by atoms with Crippen LogP contribution in [0.15, 0.2) is 12.7 Å². The second kappa shape index (κ2) is 9.52. The molecule has 0 aromatic carbocycles. The standard InChI is InChI=1S/C13H26N4O2/c1-5-7-15-13(19)16-12(18)9-17(4)8-6-11(14)10(2)3/h5,10-11H,1,6-9,14H2,2-4H3,(H2,15,16,18,19). The van der Waals surface area contributed by atoms with Gasteiger partial charge in [0.25, 0.3) is 0 Å². The number of imide groups is 1. The van der Waals surface area contributed by atoms with Crippen LogP contribution in [-0.4, -0.2) is 49.6 Å². The van der Waals surface area contributed by atoms with Crippen LogP contribution in [-0.2, 0) is 4.79 Å². The number of rotatable bonds is 8. The molecule has 1 unspecified atom stereocenters. The lowest BCUT2D eigenvalue weighted by atomic mass is 10.0. The minimum atomic E-state index is -0.503. The van der Waals surface area contributed by atoms with E-state index in [1.54, 1.807) is 6.08 Å². The Morgan fingerprint density at radius 2 is 2.05 bits per heavy atom. The Balaban J connectivity index is 3.86. The van der Waals surface area contributed by atoms with Crippen LogP contribution in [0.25, 0.3) is 0 Å². The molecule has 0 saturated carbocycles. The average molecular weight is 270 g/mol. The molecule has 0 spiro atoms. The topological polar surface area (TPSA) is 87.5 Å². The highest BCUT2D eigenvalue weighted by atomic mass is 16.2. The maximum Gasteiger partial charge on any atom is 0.321 e. The van der Waals surface area contributed by atoms with E-state index < -0.39 is 6.03 Å². The van der Waals surface area contributed by atoms with Crippen molar-refractivity contribution in [2.75, 3.05) is 26.7 Å². The normalized spacial score (nSPS) is 12.3. The van der Waals surface area contributed by atoms with Gasteiger partial charge in [-0.25, -0.2) is 4.79 Å². The first-order chi connectivity index (χ1) is 8.86. The van der Waals surface area contributed by atoms with Gasteiger partial charge in [0.05, 0.1) is 6.54 Å². The first kappa shape index (κ1) is 17.6. The van der Waals surface area contributed by atoms with Crippen molar-refractivity contribution in [3.05, 3.63) is 12.7 Å². The summed E-state index contributed by atoms with van der Waals surface area (Å²) in [6, 6.07) is -0.376. The van der Waals surface area contributed by atoms with Crippen LogP contribution < -0.4 is 16.4 Å². The Kier molecular flexibility index (Phi) is 8.82. The van der Waals surface area contributed by atoms with E-state index in [9.17, 15) is 9.59 Å². The lowest BCUT2D eigenvalue weighted by Crippen LogP contribution is -2.44. The molecule has 0 fully saturated rings. The highest BCUT2D eigenvalue weighted by molar-refractivity contribution is 5.95. The van der Waals surface area contributed by atoms with Crippen molar-refractivity contribution in [2.45, 2.75) is 26.3 Å². The van der Waals surface area contributed by atoms with Gasteiger partial charge >= 0.3 is 6.03 Å². The Morgan fingerprint density at radius 1 is 1.42 bits per heavy atom. The molecule has 0 saturated heterocycles. The smallest absolute Gasteiger partial charge is 0.321 e. The number of amides is 3. The fourth-order valence-electron chi connectivity index (χ4n) is 1.40. The van der Waals surface area contributed by atoms with E-state index in [1.807, 2.05) is 11.9 Å². The number of hydrogen-bond acceptors (Lipinski definition) is 4. The summed E-state index contributed by atoms with van der Waals surface area (Å²) in [5.74, 6) is 0.0917. The van der Waals surface area contributed by atoms with Gasteiger partial charge in [-0.15, -0.1) is 6.58 Å². The van der Waals surface area contributed by atoms with Gasteiger partial charge < -0.3 is 11.1 Å². The second-order valence-corrected chi connectivity index (χ2v) is 4.98. The Bertz CT molecular complexity index is 305. The van der Waals surface area contributed by atoms with Crippen LogP contribution in [0, 0.1) is 5.92 Å². The summed E-state index contributed by atoms with van der Waals surface area (Å²) in [6.45, 7) is 8.84. The van der Waals surface area contributed by atoms with Crippen LogP contribution in [0.4, 0.5) is 4.79 Å². The molecular weight excluding hydrogens is 244 g/mol. The van der Waals surface area contributed by atoms with Gasteiger partial charge in [0.1, 0.15) is 0 Å². The molecule has 0 aromatic heterocycles. The number of nitrogens with two attached hydrogens (primary N) is 1. The zero-order chi connectivity index (χ0) is 14.8. The summed E-state index contributed by atoms with van der Waals surface area (Å²) in [7, 11) is 1.83. The van der Waals surface area contributed by atoms with Crippen molar-refractivity contribution in [1.29, 1.82) is 0 Å². The van der Waals surface area contributed by atoms with Gasteiger partial charge in [-0.1, -0.05) is 19.9 Å². The van der Waals surface area contributed by atoms with Gasteiger partial charge in [0, 0.05) is 12.6 Å². The molecule has 0 aromatic rings. The fraction of sp³-hybridized carbons (Fsp3) is 0.692. The molecule has 0 bridgehead atoms. The minimum Gasteiger partial charge on any atom is -0.334 e. The number of urea groups is 1. The van der Waals surface area contributed by atoms with E-state index >= 15 is 0 Å². The summed E-state index contributed by atoms with van der Waals surface area (Å²) >= 11 is 0. The minimum absolute atomic E-state index is 0.126. The third-order valence-corrected chi connectivity index (χ3v) is 2.77. The highest BCUT2D eigenvalue weighted by Gasteiger charge is 2.12.